The number of nitrogens with zero attached hydrogens (tertiary/aromatic N) is 4. The van der Waals surface area contributed by atoms with Crippen LogP contribution in [0.15, 0.2) is 71.5 Å². The summed E-state index contributed by atoms with van der Waals surface area (Å²) in [6.07, 6.45) is 3.69. The lowest BCUT2D eigenvalue weighted by Crippen LogP contribution is -1.99. The smallest absolute Gasteiger partial charge is 0.164 e. The van der Waals surface area contributed by atoms with E-state index in [1.807, 2.05) is 54.2 Å². The number of ether oxygens (including phenoxy) is 1. The Balaban J connectivity index is 1.42. The quantitative estimate of drug-likeness (QED) is 0.358. The number of fused-ring (bicyclic) bond motifs is 1. The number of para-hydroxylation sites is 1. The first-order valence-corrected chi connectivity index (χ1v) is 10.1. The molecule has 0 atom stereocenters. The molecule has 0 bridgehead atoms. The van der Waals surface area contributed by atoms with E-state index in [1.165, 1.54) is 0 Å². The standard InChI is InChI=1S/C24H18F2N4O2/c1-2-31-23-6-4-3-5-17(23)24-27-20-9-10-30(14-22(20)28-24)13-16-12-21(29-32-16)18-11-15(25)7-8-19(18)26/h3-12,14H,2,13H2,1H3. The zero-order chi connectivity index (χ0) is 22.1. The molecule has 2 aromatic carbocycles. The fourth-order valence-electron chi connectivity index (χ4n) is 3.49. The second-order valence-electron chi connectivity index (χ2n) is 7.17. The Morgan fingerprint density at radius 3 is 2.66 bits per heavy atom. The maximum Gasteiger partial charge on any atom is 0.164 e. The summed E-state index contributed by atoms with van der Waals surface area (Å²) < 4.78 is 40.4. The van der Waals surface area contributed by atoms with E-state index in [4.69, 9.17) is 9.26 Å². The first-order valence-electron chi connectivity index (χ1n) is 10.1. The lowest BCUT2D eigenvalue weighted by Gasteiger charge is -2.06. The van der Waals surface area contributed by atoms with Crippen LogP contribution in [0.2, 0.25) is 0 Å². The Kier molecular flexibility index (Phi) is 5.10. The zero-order valence-corrected chi connectivity index (χ0v) is 17.1. The largest absolute Gasteiger partial charge is 0.493 e. The van der Waals surface area contributed by atoms with Gasteiger partial charge in [-0.05, 0) is 43.3 Å². The molecule has 5 rings (SSSR count). The average Bonchev–Trinajstić information content (AvgIpc) is 3.43. The van der Waals surface area contributed by atoms with Crippen molar-refractivity contribution < 1.29 is 18.0 Å². The summed E-state index contributed by atoms with van der Waals surface area (Å²) in [5, 5.41) is 3.88. The Bertz CT molecular complexity index is 1360. The molecule has 0 N–H and O–H groups in total. The van der Waals surface area contributed by atoms with Gasteiger partial charge in [0.15, 0.2) is 11.6 Å². The molecule has 0 aliphatic carbocycles. The fourth-order valence-corrected chi connectivity index (χ4v) is 3.49. The van der Waals surface area contributed by atoms with Gasteiger partial charge in [0, 0.05) is 24.0 Å². The first-order chi connectivity index (χ1) is 15.6. The monoisotopic (exact) mass is 432 g/mol. The molecule has 6 nitrogen and oxygen atoms in total. The maximum absolute atomic E-state index is 14.0. The number of aromatic nitrogens is 4. The van der Waals surface area contributed by atoms with Crippen LogP contribution in [0.4, 0.5) is 8.78 Å². The molecular weight excluding hydrogens is 414 g/mol. The maximum atomic E-state index is 14.0. The van der Waals surface area contributed by atoms with Crippen molar-refractivity contribution in [3.05, 3.63) is 84.4 Å². The van der Waals surface area contributed by atoms with Gasteiger partial charge in [-0.15, -0.1) is 0 Å². The SMILES string of the molecule is CCOc1ccccc1-c1nc2ccn(Cc3cc(-c4cc(F)ccc4F)no3)cc-2n1. The minimum absolute atomic E-state index is 0.0555. The van der Waals surface area contributed by atoms with Crippen LogP contribution in [-0.2, 0) is 6.54 Å². The van der Waals surface area contributed by atoms with Crippen molar-refractivity contribution in [3.63, 3.8) is 0 Å². The highest BCUT2D eigenvalue weighted by Crippen LogP contribution is 2.31. The Labute approximate surface area is 182 Å². The molecule has 160 valence electrons. The van der Waals surface area contributed by atoms with Crippen LogP contribution in [-0.4, -0.2) is 26.3 Å². The molecule has 0 amide bonds. The summed E-state index contributed by atoms with van der Waals surface area (Å²) in [5.74, 6) is 0.714. The molecule has 2 aliphatic rings. The summed E-state index contributed by atoms with van der Waals surface area (Å²) in [7, 11) is 0. The van der Waals surface area contributed by atoms with E-state index in [9.17, 15) is 8.78 Å². The molecular formula is C24H18F2N4O2. The third-order valence-electron chi connectivity index (χ3n) is 4.96. The number of benzene rings is 2. The molecule has 0 saturated heterocycles. The van der Waals surface area contributed by atoms with E-state index in [0.29, 0.717) is 30.4 Å². The summed E-state index contributed by atoms with van der Waals surface area (Å²) in [6.45, 7) is 2.83. The predicted molar refractivity (Wildman–Crippen MR) is 114 cm³/mol. The Morgan fingerprint density at radius 2 is 1.78 bits per heavy atom. The second kappa shape index (κ2) is 8.22. The normalized spacial score (nSPS) is 11.2. The third kappa shape index (κ3) is 3.82. The molecule has 0 saturated carbocycles. The van der Waals surface area contributed by atoms with Gasteiger partial charge in [0.25, 0.3) is 0 Å². The van der Waals surface area contributed by atoms with E-state index in [1.54, 1.807) is 6.07 Å². The van der Waals surface area contributed by atoms with Gasteiger partial charge in [0.2, 0.25) is 0 Å². The van der Waals surface area contributed by atoms with E-state index in [2.05, 4.69) is 15.1 Å². The summed E-state index contributed by atoms with van der Waals surface area (Å²) in [6, 6.07) is 14.3. The van der Waals surface area contributed by atoms with Crippen LogP contribution in [0.1, 0.15) is 12.7 Å². The van der Waals surface area contributed by atoms with Crippen molar-refractivity contribution in [1.82, 2.24) is 19.7 Å². The molecule has 32 heavy (non-hydrogen) atoms. The highest BCUT2D eigenvalue weighted by molar-refractivity contribution is 5.70. The van der Waals surface area contributed by atoms with E-state index >= 15 is 0 Å². The van der Waals surface area contributed by atoms with Crippen LogP contribution in [0.5, 0.6) is 5.75 Å². The van der Waals surface area contributed by atoms with Crippen molar-refractivity contribution in [2.75, 3.05) is 6.61 Å². The Hall–Kier alpha value is -4.07. The van der Waals surface area contributed by atoms with Crippen molar-refractivity contribution in [2.45, 2.75) is 13.5 Å². The highest BCUT2D eigenvalue weighted by atomic mass is 19.1. The van der Waals surface area contributed by atoms with Gasteiger partial charge in [-0.1, -0.05) is 17.3 Å². The van der Waals surface area contributed by atoms with Gasteiger partial charge in [-0.25, -0.2) is 18.7 Å². The van der Waals surface area contributed by atoms with Gasteiger partial charge >= 0.3 is 0 Å². The van der Waals surface area contributed by atoms with Gasteiger partial charge in [0.05, 0.1) is 24.4 Å². The number of pyridine rings is 1. The molecule has 2 aliphatic heterocycles. The first kappa shape index (κ1) is 19.9. The molecule has 3 aromatic rings. The number of halogens is 2. The van der Waals surface area contributed by atoms with Gasteiger partial charge in [-0.2, -0.15) is 0 Å². The summed E-state index contributed by atoms with van der Waals surface area (Å²) in [4.78, 5) is 9.27. The van der Waals surface area contributed by atoms with Crippen LogP contribution in [0, 0.1) is 11.6 Å². The molecule has 8 heteroatoms. The van der Waals surface area contributed by atoms with Gasteiger partial charge < -0.3 is 13.8 Å². The average molecular weight is 432 g/mol. The van der Waals surface area contributed by atoms with Gasteiger partial charge in [0.1, 0.15) is 28.8 Å². The van der Waals surface area contributed by atoms with Crippen molar-refractivity contribution in [3.8, 4) is 39.8 Å². The van der Waals surface area contributed by atoms with Crippen LogP contribution >= 0.6 is 0 Å². The zero-order valence-electron chi connectivity index (χ0n) is 17.1. The van der Waals surface area contributed by atoms with Crippen LogP contribution < -0.4 is 4.74 Å². The highest BCUT2D eigenvalue weighted by Gasteiger charge is 2.17. The number of imidazole rings is 1. The third-order valence-corrected chi connectivity index (χ3v) is 4.96. The molecule has 0 spiro atoms. The summed E-state index contributed by atoms with van der Waals surface area (Å²) in [5.41, 5.74) is 2.59. The summed E-state index contributed by atoms with van der Waals surface area (Å²) >= 11 is 0. The molecule has 0 radical (unpaired) electrons. The lowest BCUT2D eigenvalue weighted by molar-refractivity contribution is 0.341. The van der Waals surface area contributed by atoms with Crippen LogP contribution in [0.3, 0.4) is 0 Å². The van der Waals surface area contributed by atoms with Crippen molar-refractivity contribution >= 4 is 0 Å². The fraction of sp³-hybridized carbons (Fsp3) is 0.125. The second-order valence-corrected chi connectivity index (χ2v) is 7.17. The predicted octanol–water partition coefficient (Wildman–Crippen LogP) is 5.43. The minimum Gasteiger partial charge on any atom is -0.493 e. The molecule has 3 heterocycles. The van der Waals surface area contributed by atoms with Gasteiger partial charge in [-0.3, -0.25) is 0 Å². The van der Waals surface area contributed by atoms with Crippen molar-refractivity contribution in [1.29, 1.82) is 0 Å². The molecule has 0 unspecified atom stereocenters. The molecule has 0 fully saturated rings. The number of rotatable bonds is 6. The topological polar surface area (TPSA) is 66.0 Å². The van der Waals surface area contributed by atoms with E-state index in [0.717, 1.165) is 35.2 Å². The number of hydrogen-bond donors (Lipinski definition) is 0. The number of hydrogen-bond acceptors (Lipinski definition) is 5. The Morgan fingerprint density at radius 1 is 0.938 bits per heavy atom. The van der Waals surface area contributed by atoms with Crippen LogP contribution in [0.25, 0.3) is 34.0 Å². The minimum atomic E-state index is -0.563. The van der Waals surface area contributed by atoms with E-state index < -0.39 is 11.6 Å². The van der Waals surface area contributed by atoms with E-state index in [-0.39, 0.29) is 11.3 Å². The van der Waals surface area contributed by atoms with Crippen molar-refractivity contribution in [2.24, 2.45) is 0 Å². The molecule has 1 aromatic heterocycles. The lowest BCUT2D eigenvalue weighted by atomic mass is 10.1.